The molecule has 2 rings (SSSR count). The standard InChI is InChI=1S/C13H17N3OS/c1-4-17-13-6-12(15-8-16-13)14-7-11-5-9(2)10(3)18-11/h5-6,8H,4,7H2,1-3H3,(H,14,15,16). The summed E-state index contributed by atoms with van der Waals surface area (Å²) in [7, 11) is 0. The molecule has 0 fully saturated rings. The summed E-state index contributed by atoms with van der Waals surface area (Å²) in [4.78, 5) is 10.9. The molecule has 5 heteroatoms. The van der Waals surface area contributed by atoms with Crippen LogP contribution in [0.5, 0.6) is 5.88 Å². The smallest absolute Gasteiger partial charge is 0.218 e. The van der Waals surface area contributed by atoms with Gasteiger partial charge in [0.05, 0.1) is 13.2 Å². The fraction of sp³-hybridized carbons (Fsp3) is 0.385. The molecule has 0 aliphatic rings. The van der Waals surface area contributed by atoms with Gasteiger partial charge >= 0.3 is 0 Å². The molecule has 4 nitrogen and oxygen atoms in total. The van der Waals surface area contributed by atoms with E-state index in [-0.39, 0.29) is 0 Å². The number of ether oxygens (including phenoxy) is 1. The van der Waals surface area contributed by atoms with Gasteiger partial charge in [0.15, 0.2) is 0 Å². The number of anilines is 1. The van der Waals surface area contributed by atoms with E-state index in [1.165, 1.54) is 21.6 Å². The molecule has 0 bridgehead atoms. The Morgan fingerprint density at radius 3 is 2.78 bits per heavy atom. The third-order valence-corrected chi connectivity index (χ3v) is 3.75. The van der Waals surface area contributed by atoms with Gasteiger partial charge in [-0.05, 0) is 32.4 Å². The summed E-state index contributed by atoms with van der Waals surface area (Å²) >= 11 is 1.81. The monoisotopic (exact) mass is 263 g/mol. The first kappa shape index (κ1) is 12.8. The van der Waals surface area contributed by atoms with Gasteiger partial charge in [-0.15, -0.1) is 11.3 Å². The Bertz CT molecular complexity index is 505. The topological polar surface area (TPSA) is 47.0 Å². The number of thiophene rings is 1. The Balaban J connectivity index is 1.99. The molecular weight excluding hydrogens is 246 g/mol. The molecule has 0 amide bonds. The van der Waals surface area contributed by atoms with Gasteiger partial charge in [-0.1, -0.05) is 0 Å². The lowest BCUT2D eigenvalue weighted by Crippen LogP contribution is -2.02. The highest BCUT2D eigenvalue weighted by molar-refractivity contribution is 7.12. The second kappa shape index (κ2) is 5.82. The predicted octanol–water partition coefficient (Wildman–Crippen LogP) is 3.17. The van der Waals surface area contributed by atoms with Crippen LogP contribution < -0.4 is 10.1 Å². The predicted molar refractivity (Wildman–Crippen MR) is 74.3 cm³/mol. The van der Waals surface area contributed by atoms with E-state index in [4.69, 9.17) is 4.74 Å². The molecule has 0 unspecified atom stereocenters. The van der Waals surface area contributed by atoms with E-state index >= 15 is 0 Å². The van der Waals surface area contributed by atoms with Gasteiger partial charge in [-0.2, -0.15) is 0 Å². The molecule has 0 aliphatic heterocycles. The Morgan fingerprint density at radius 2 is 2.11 bits per heavy atom. The average molecular weight is 263 g/mol. The average Bonchev–Trinajstić information content (AvgIpc) is 2.67. The lowest BCUT2D eigenvalue weighted by atomic mass is 10.3. The number of nitrogens with one attached hydrogen (secondary N) is 1. The van der Waals surface area contributed by atoms with Gasteiger partial charge < -0.3 is 10.1 Å². The summed E-state index contributed by atoms with van der Waals surface area (Å²) in [6, 6.07) is 4.02. The van der Waals surface area contributed by atoms with Crippen LogP contribution in [0.25, 0.3) is 0 Å². The number of nitrogens with zero attached hydrogens (tertiary/aromatic N) is 2. The number of aryl methyl sites for hydroxylation is 2. The molecule has 0 saturated carbocycles. The third kappa shape index (κ3) is 3.20. The van der Waals surface area contributed by atoms with Gasteiger partial charge in [0.25, 0.3) is 0 Å². The minimum absolute atomic E-state index is 0.605. The molecular formula is C13H17N3OS. The van der Waals surface area contributed by atoms with Crippen molar-refractivity contribution in [3.8, 4) is 5.88 Å². The van der Waals surface area contributed by atoms with Crippen LogP contribution in [0.3, 0.4) is 0 Å². The number of hydrogen-bond acceptors (Lipinski definition) is 5. The van der Waals surface area contributed by atoms with Crippen LogP contribution in [0, 0.1) is 13.8 Å². The zero-order valence-corrected chi connectivity index (χ0v) is 11.7. The summed E-state index contributed by atoms with van der Waals surface area (Å²) in [6.07, 6.45) is 1.51. The molecule has 0 spiro atoms. The zero-order valence-electron chi connectivity index (χ0n) is 10.9. The fourth-order valence-corrected chi connectivity index (χ4v) is 2.57. The first-order valence-corrected chi connectivity index (χ1v) is 6.75. The van der Waals surface area contributed by atoms with E-state index in [1.54, 1.807) is 0 Å². The quantitative estimate of drug-likeness (QED) is 0.900. The van der Waals surface area contributed by atoms with E-state index in [9.17, 15) is 0 Å². The van der Waals surface area contributed by atoms with Gasteiger partial charge in [0.2, 0.25) is 5.88 Å². The summed E-state index contributed by atoms with van der Waals surface area (Å²) in [5, 5.41) is 3.28. The van der Waals surface area contributed by atoms with Crippen LogP contribution in [0.15, 0.2) is 18.5 Å². The Kier molecular flexibility index (Phi) is 4.15. The van der Waals surface area contributed by atoms with Crippen molar-refractivity contribution in [2.45, 2.75) is 27.3 Å². The van der Waals surface area contributed by atoms with E-state index in [1.807, 2.05) is 24.3 Å². The summed E-state index contributed by atoms with van der Waals surface area (Å²) < 4.78 is 5.33. The molecule has 2 heterocycles. The van der Waals surface area contributed by atoms with Crippen LogP contribution >= 0.6 is 11.3 Å². The van der Waals surface area contributed by atoms with Crippen molar-refractivity contribution in [1.29, 1.82) is 0 Å². The number of hydrogen-bond donors (Lipinski definition) is 1. The van der Waals surface area contributed by atoms with Crippen molar-refractivity contribution in [1.82, 2.24) is 9.97 Å². The first-order valence-electron chi connectivity index (χ1n) is 5.93. The molecule has 2 aromatic heterocycles. The fourth-order valence-electron chi connectivity index (χ4n) is 1.58. The lowest BCUT2D eigenvalue weighted by molar-refractivity contribution is 0.326. The van der Waals surface area contributed by atoms with E-state index in [2.05, 4.69) is 35.2 Å². The van der Waals surface area contributed by atoms with Crippen LogP contribution in [-0.2, 0) is 6.54 Å². The third-order valence-electron chi connectivity index (χ3n) is 2.59. The Morgan fingerprint density at radius 1 is 1.28 bits per heavy atom. The van der Waals surface area contributed by atoms with Crippen LogP contribution in [0.1, 0.15) is 22.2 Å². The number of rotatable bonds is 5. The van der Waals surface area contributed by atoms with Crippen molar-refractivity contribution in [3.63, 3.8) is 0 Å². The molecule has 0 aliphatic carbocycles. The minimum Gasteiger partial charge on any atom is -0.478 e. The van der Waals surface area contributed by atoms with E-state index in [0.29, 0.717) is 12.5 Å². The van der Waals surface area contributed by atoms with Crippen molar-refractivity contribution in [2.75, 3.05) is 11.9 Å². The highest BCUT2D eigenvalue weighted by atomic mass is 32.1. The summed E-state index contributed by atoms with van der Waals surface area (Å²) in [5.41, 5.74) is 1.34. The van der Waals surface area contributed by atoms with Crippen molar-refractivity contribution >= 4 is 17.2 Å². The number of aromatic nitrogens is 2. The minimum atomic E-state index is 0.605. The SMILES string of the molecule is CCOc1cc(NCc2cc(C)c(C)s2)ncn1. The highest BCUT2D eigenvalue weighted by Crippen LogP contribution is 2.21. The maximum absolute atomic E-state index is 5.33. The summed E-state index contributed by atoms with van der Waals surface area (Å²) in [6.45, 7) is 7.60. The molecule has 0 atom stereocenters. The normalized spacial score (nSPS) is 10.4. The molecule has 2 aromatic rings. The largest absolute Gasteiger partial charge is 0.478 e. The highest BCUT2D eigenvalue weighted by Gasteiger charge is 2.03. The summed E-state index contributed by atoms with van der Waals surface area (Å²) in [5.74, 6) is 1.39. The Labute approximate surface area is 111 Å². The maximum Gasteiger partial charge on any atom is 0.218 e. The van der Waals surface area contributed by atoms with Gasteiger partial charge in [0.1, 0.15) is 12.1 Å². The van der Waals surface area contributed by atoms with Crippen molar-refractivity contribution < 1.29 is 4.74 Å². The van der Waals surface area contributed by atoms with Crippen LogP contribution in [-0.4, -0.2) is 16.6 Å². The van der Waals surface area contributed by atoms with Gasteiger partial charge in [-0.3, -0.25) is 0 Å². The maximum atomic E-state index is 5.33. The lowest BCUT2D eigenvalue weighted by Gasteiger charge is -2.05. The molecule has 0 saturated heterocycles. The van der Waals surface area contributed by atoms with Crippen LogP contribution in [0.2, 0.25) is 0 Å². The second-order valence-corrected chi connectivity index (χ2v) is 5.32. The molecule has 18 heavy (non-hydrogen) atoms. The first-order chi connectivity index (χ1) is 8.69. The second-order valence-electron chi connectivity index (χ2n) is 3.98. The van der Waals surface area contributed by atoms with Crippen molar-refractivity contribution in [2.24, 2.45) is 0 Å². The van der Waals surface area contributed by atoms with Crippen LogP contribution in [0.4, 0.5) is 5.82 Å². The molecule has 0 aromatic carbocycles. The van der Waals surface area contributed by atoms with Gasteiger partial charge in [-0.25, -0.2) is 9.97 Å². The van der Waals surface area contributed by atoms with Gasteiger partial charge in [0, 0.05) is 15.8 Å². The molecule has 1 N–H and O–H groups in total. The van der Waals surface area contributed by atoms with E-state index in [0.717, 1.165) is 12.4 Å². The van der Waals surface area contributed by atoms with E-state index < -0.39 is 0 Å². The van der Waals surface area contributed by atoms with Crippen molar-refractivity contribution in [3.05, 3.63) is 33.8 Å². The molecule has 96 valence electrons. The molecule has 0 radical (unpaired) electrons. The Hall–Kier alpha value is -1.62. The zero-order chi connectivity index (χ0) is 13.0.